The molecule has 0 fully saturated rings. The van der Waals surface area contributed by atoms with Crippen LogP contribution in [0.2, 0.25) is 0 Å². The number of halogens is 3. The van der Waals surface area contributed by atoms with Crippen LogP contribution in [0, 0.1) is 24.4 Å². The minimum atomic E-state index is -0.941. The van der Waals surface area contributed by atoms with Crippen molar-refractivity contribution in [1.29, 1.82) is 0 Å². The monoisotopic (exact) mass is 279 g/mol. The van der Waals surface area contributed by atoms with Gasteiger partial charge < -0.3 is 5.32 Å². The molecule has 1 nitrogen and oxygen atoms in total. The molecule has 2 rings (SSSR count). The zero-order valence-corrected chi connectivity index (χ0v) is 11.4. The molecule has 0 atom stereocenters. The zero-order chi connectivity index (χ0) is 14.7. The van der Waals surface area contributed by atoms with Crippen molar-refractivity contribution in [2.45, 2.75) is 20.4 Å². The summed E-state index contributed by atoms with van der Waals surface area (Å²) in [5.41, 5.74) is 1.14. The van der Waals surface area contributed by atoms with Crippen LogP contribution in [0.4, 0.5) is 13.2 Å². The first kappa shape index (κ1) is 14.6. The van der Waals surface area contributed by atoms with E-state index in [4.69, 9.17) is 0 Å². The SMILES string of the molecule is CCNCc1ccc(-c2ccc(C)c(F)c2F)cc1F. The van der Waals surface area contributed by atoms with E-state index in [0.717, 1.165) is 6.54 Å². The van der Waals surface area contributed by atoms with Crippen molar-refractivity contribution in [2.75, 3.05) is 6.54 Å². The summed E-state index contributed by atoms with van der Waals surface area (Å²) in [5, 5.41) is 3.02. The molecule has 0 unspecified atom stereocenters. The second-order valence-corrected chi connectivity index (χ2v) is 4.64. The van der Waals surface area contributed by atoms with Gasteiger partial charge in [0.05, 0.1) is 0 Å². The van der Waals surface area contributed by atoms with Gasteiger partial charge in [-0.15, -0.1) is 0 Å². The predicted octanol–water partition coefficient (Wildman–Crippen LogP) is 4.19. The van der Waals surface area contributed by atoms with Crippen LogP contribution in [0.15, 0.2) is 30.3 Å². The Balaban J connectivity index is 2.39. The number of hydrogen-bond acceptors (Lipinski definition) is 1. The van der Waals surface area contributed by atoms with Gasteiger partial charge in [0.25, 0.3) is 0 Å². The topological polar surface area (TPSA) is 12.0 Å². The lowest BCUT2D eigenvalue weighted by molar-refractivity contribution is 0.505. The van der Waals surface area contributed by atoms with Crippen LogP contribution >= 0.6 is 0 Å². The molecule has 2 aromatic carbocycles. The second kappa shape index (κ2) is 6.09. The lowest BCUT2D eigenvalue weighted by Crippen LogP contribution is -2.12. The summed E-state index contributed by atoms with van der Waals surface area (Å²) in [4.78, 5) is 0. The molecule has 0 aromatic heterocycles. The van der Waals surface area contributed by atoms with Crippen molar-refractivity contribution >= 4 is 0 Å². The van der Waals surface area contributed by atoms with Crippen LogP contribution < -0.4 is 5.32 Å². The summed E-state index contributed by atoms with van der Waals surface area (Å²) < 4.78 is 41.3. The maximum absolute atomic E-state index is 13.9. The number of hydrogen-bond donors (Lipinski definition) is 1. The molecule has 0 radical (unpaired) electrons. The maximum Gasteiger partial charge on any atom is 0.166 e. The van der Waals surface area contributed by atoms with Gasteiger partial charge in [0.1, 0.15) is 5.82 Å². The van der Waals surface area contributed by atoms with Crippen LogP contribution in [0.25, 0.3) is 11.1 Å². The van der Waals surface area contributed by atoms with Crippen LogP contribution in [-0.2, 0) is 6.54 Å². The van der Waals surface area contributed by atoms with E-state index in [1.54, 1.807) is 12.1 Å². The van der Waals surface area contributed by atoms with Gasteiger partial charge in [-0.2, -0.15) is 0 Å². The van der Waals surface area contributed by atoms with E-state index < -0.39 is 17.5 Å². The Morgan fingerprint density at radius 2 is 1.75 bits per heavy atom. The molecule has 20 heavy (non-hydrogen) atoms. The predicted molar refractivity (Wildman–Crippen MR) is 73.9 cm³/mol. The van der Waals surface area contributed by atoms with Gasteiger partial charge in [0, 0.05) is 17.7 Å². The number of rotatable bonds is 4. The standard InChI is InChI=1S/C16H16F3N/c1-3-20-9-12-6-5-11(8-14(12)17)13-7-4-10(2)15(18)16(13)19/h4-8,20H,3,9H2,1-2H3. The van der Waals surface area contributed by atoms with Gasteiger partial charge in [-0.3, -0.25) is 0 Å². The summed E-state index contributed by atoms with van der Waals surface area (Å²) in [6.07, 6.45) is 0. The Morgan fingerprint density at radius 3 is 2.40 bits per heavy atom. The Hall–Kier alpha value is -1.81. The molecular formula is C16H16F3N. The molecule has 0 saturated heterocycles. The van der Waals surface area contributed by atoms with E-state index in [1.165, 1.54) is 25.1 Å². The Bertz CT molecular complexity index is 623. The summed E-state index contributed by atoms with van der Waals surface area (Å²) in [6.45, 7) is 4.56. The highest BCUT2D eigenvalue weighted by atomic mass is 19.2. The number of nitrogens with one attached hydrogen (secondary N) is 1. The normalized spacial score (nSPS) is 10.8. The van der Waals surface area contributed by atoms with E-state index in [2.05, 4.69) is 5.32 Å². The molecule has 1 N–H and O–H groups in total. The van der Waals surface area contributed by atoms with E-state index in [1.807, 2.05) is 6.92 Å². The number of aryl methyl sites for hydroxylation is 1. The molecule has 0 saturated carbocycles. The van der Waals surface area contributed by atoms with Crippen LogP contribution in [0.3, 0.4) is 0 Å². The van der Waals surface area contributed by atoms with Crippen molar-refractivity contribution in [1.82, 2.24) is 5.32 Å². The summed E-state index contributed by atoms with van der Waals surface area (Å²) >= 11 is 0. The molecule has 0 heterocycles. The van der Waals surface area contributed by atoms with Crippen molar-refractivity contribution in [3.05, 3.63) is 58.9 Å². The molecule has 0 aliphatic carbocycles. The van der Waals surface area contributed by atoms with Crippen molar-refractivity contribution in [3.63, 3.8) is 0 Å². The molecule has 0 aliphatic rings. The average Bonchev–Trinajstić information content (AvgIpc) is 2.44. The Kier molecular flexibility index (Phi) is 4.45. The van der Waals surface area contributed by atoms with Gasteiger partial charge in [0.15, 0.2) is 11.6 Å². The maximum atomic E-state index is 13.9. The van der Waals surface area contributed by atoms with Gasteiger partial charge in [-0.1, -0.05) is 31.2 Å². The summed E-state index contributed by atoms with van der Waals surface area (Å²) in [7, 11) is 0. The summed E-state index contributed by atoms with van der Waals surface area (Å²) in [6, 6.07) is 7.37. The molecule has 0 bridgehead atoms. The first-order chi connectivity index (χ1) is 9.54. The smallest absolute Gasteiger partial charge is 0.166 e. The molecule has 0 amide bonds. The molecular weight excluding hydrogens is 263 g/mol. The first-order valence-corrected chi connectivity index (χ1v) is 6.48. The highest BCUT2D eigenvalue weighted by molar-refractivity contribution is 5.65. The third-order valence-electron chi connectivity index (χ3n) is 3.20. The molecule has 106 valence electrons. The van der Waals surface area contributed by atoms with Crippen molar-refractivity contribution < 1.29 is 13.2 Å². The molecule has 4 heteroatoms. The van der Waals surface area contributed by atoms with Crippen molar-refractivity contribution in [2.24, 2.45) is 0 Å². The minimum absolute atomic E-state index is 0.0713. The van der Waals surface area contributed by atoms with E-state index in [9.17, 15) is 13.2 Å². The minimum Gasteiger partial charge on any atom is -0.313 e. The van der Waals surface area contributed by atoms with Crippen LogP contribution in [0.5, 0.6) is 0 Å². The van der Waals surface area contributed by atoms with E-state index in [0.29, 0.717) is 17.7 Å². The second-order valence-electron chi connectivity index (χ2n) is 4.64. The van der Waals surface area contributed by atoms with Crippen LogP contribution in [0.1, 0.15) is 18.1 Å². The van der Waals surface area contributed by atoms with Gasteiger partial charge >= 0.3 is 0 Å². The Labute approximate surface area is 116 Å². The third kappa shape index (κ3) is 2.85. The van der Waals surface area contributed by atoms with Gasteiger partial charge in [-0.05, 0) is 30.7 Å². The number of benzene rings is 2. The Morgan fingerprint density at radius 1 is 1.00 bits per heavy atom. The highest BCUT2D eigenvalue weighted by Gasteiger charge is 2.13. The van der Waals surface area contributed by atoms with Gasteiger partial charge in [-0.25, -0.2) is 13.2 Å². The third-order valence-corrected chi connectivity index (χ3v) is 3.20. The first-order valence-electron chi connectivity index (χ1n) is 6.48. The van der Waals surface area contributed by atoms with Crippen molar-refractivity contribution in [3.8, 4) is 11.1 Å². The fraction of sp³-hybridized carbons (Fsp3) is 0.250. The summed E-state index contributed by atoms with van der Waals surface area (Å²) in [5.74, 6) is -2.26. The fourth-order valence-electron chi connectivity index (χ4n) is 1.99. The van der Waals surface area contributed by atoms with E-state index in [-0.39, 0.29) is 11.1 Å². The average molecular weight is 279 g/mol. The molecule has 2 aromatic rings. The van der Waals surface area contributed by atoms with Gasteiger partial charge in [0.2, 0.25) is 0 Å². The lowest BCUT2D eigenvalue weighted by atomic mass is 10.0. The molecule has 0 spiro atoms. The highest BCUT2D eigenvalue weighted by Crippen LogP contribution is 2.27. The molecule has 0 aliphatic heterocycles. The quantitative estimate of drug-likeness (QED) is 0.885. The zero-order valence-electron chi connectivity index (χ0n) is 11.4. The largest absolute Gasteiger partial charge is 0.313 e. The lowest BCUT2D eigenvalue weighted by Gasteiger charge is -2.09. The fourth-order valence-corrected chi connectivity index (χ4v) is 1.99. The van der Waals surface area contributed by atoms with E-state index >= 15 is 0 Å². The van der Waals surface area contributed by atoms with Crippen LogP contribution in [-0.4, -0.2) is 6.54 Å².